The third-order valence-electron chi connectivity index (χ3n) is 4.56. The molecule has 1 saturated carbocycles. The first-order valence-corrected chi connectivity index (χ1v) is 8.35. The van der Waals surface area contributed by atoms with Gasteiger partial charge >= 0.3 is 5.97 Å². The minimum absolute atomic E-state index is 0.256. The molecule has 2 atom stereocenters. The Hall–Kier alpha value is -2.82. The van der Waals surface area contributed by atoms with Crippen molar-refractivity contribution in [3.05, 3.63) is 59.7 Å². The van der Waals surface area contributed by atoms with E-state index in [4.69, 9.17) is 9.84 Å². The lowest BCUT2D eigenvalue weighted by atomic mass is 9.73. The Morgan fingerprint density at radius 3 is 2.48 bits per heavy atom. The summed E-state index contributed by atoms with van der Waals surface area (Å²) in [6.07, 6.45) is 1.16. The summed E-state index contributed by atoms with van der Waals surface area (Å²) in [5.74, 6) is -1.64. The number of rotatable bonds is 6. The van der Waals surface area contributed by atoms with E-state index in [0.717, 1.165) is 11.1 Å². The number of carboxylic acids is 1. The average Bonchev–Trinajstić information content (AvgIpc) is 2.53. The fraction of sp³-hybridized carbons (Fsp3) is 0.300. The molecule has 1 fully saturated rings. The maximum absolute atomic E-state index is 12.4. The molecule has 0 heterocycles. The van der Waals surface area contributed by atoms with Crippen LogP contribution in [0.4, 0.5) is 5.69 Å². The van der Waals surface area contributed by atoms with Crippen LogP contribution in [0.5, 0.6) is 5.75 Å². The minimum atomic E-state index is -0.906. The summed E-state index contributed by atoms with van der Waals surface area (Å²) in [6, 6.07) is 15.3. The summed E-state index contributed by atoms with van der Waals surface area (Å²) in [5, 5.41) is 12.0. The van der Waals surface area contributed by atoms with Crippen LogP contribution in [0.2, 0.25) is 0 Å². The molecule has 1 amide bonds. The van der Waals surface area contributed by atoms with Crippen molar-refractivity contribution in [3.8, 4) is 5.75 Å². The summed E-state index contributed by atoms with van der Waals surface area (Å²) < 4.78 is 5.85. The first kappa shape index (κ1) is 17.0. The van der Waals surface area contributed by atoms with E-state index in [0.29, 0.717) is 30.9 Å². The molecule has 0 saturated heterocycles. The van der Waals surface area contributed by atoms with E-state index >= 15 is 0 Å². The van der Waals surface area contributed by atoms with Crippen LogP contribution in [0.1, 0.15) is 24.0 Å². The van der Waals surface area contributed by atoms with E-state index in [1.54, 1.807) is 0 Å². The number of anilines is 1. The number of hydrogen-bond donors (Lipinski definition) is 2. The van der Waals surface area contributed by atoms with E-state index in [1.165, 1.54) is 0 Å². The molecule has 0 bridgehead atoms. The summed E-state index contributed by atoms with van der Waals surface area (Å²) in [4.78, 5) is 23.5. The van der Waals surface area contributed by atoms with Crippen LogP contribution in [0.15, 0.2) is 48.5 Å². The summed E-state index contributed by atoms with van der Waals surface area (Å²) in [7, 11) is 0. The van der Waals surface area contributed by atoms with E-state index < -0.39 is 17.8 Å². The van der Waals surface area contributed by atoms with Crippen LogP contribution in [-0.4, -0.2) is 17.0 Å². The minimum Gasteiger partial charge on any atom is -0.487 e. The van der Waals surface area contributed by atoms with Crippen LogP contribution in [0.3, 0.4) is 0 Å². The number of aryl methyl sites for hydroxylation is 1. The summed E-state index contributed by atoms with van der Waals surface area (Å²) in [5.41, 5.74) is 2.60. The van der Waals surface area contributed by atoms with Crippen molar-refractivity contribution in [1.82, 2.24) is 0 Å². The van der Waals surface area contributed by atoms with Gasteiger partial charge in [0.15, 0.2) is 0 Å². The number of ether oxygens (including phenoxy) is 1. The number of amides is 1. The Balaban J connectivity index is 1.71. The van der Waals surface area contributed by atoms with Gasteiger partial charge in [0, 0.05) is 0 Å². The molecule has 2 N–H and O–H groups in total. The van der Waals surface area contributed by atoms with Gasteiger partial charge in [0.25, 0.3) is 0 Å². The second-order valence-corrected chi connectivity index (χ2v) is 6.39. The van der Waals surface area contributed by atoms with Gasteiger partial charge in [-0.3, -0.25) is 9.59 Å². The van der Waals surface area contributed by atoms with Gasteiger partial charge in [0.1, 0.15) is 12.4 Å². The normalized spacial score (nSPS) is 18.9. The predicted molar refractivity (Wildman–Crippen MR) is 94.4 cm³/mol. The molecule has 2 aromatic rings. The number of hydrogen-bond acceptors (Lipinski definition) is 3. The van der Waals surface area contributed by atoms with Gasteiger partial charge in [-0.25, -0.2) is 0 Å². The second kappa shape index (κ2) is 7.38. The number of benzene rings is 2. The van der Waals surface area contributed by atoms with Crippen LogP contribution in [0.25, 0.3) is 0 Å². The standard InChI is InChI=1S/C20H21NO4/c1-13-7-10-18(25-12-14-5-3-2-4-6-14)17(11-13)21-19(22)15-8-9-16(15)20(23)24/h2-7,10-11,15-16H,8-9,12H2,1H3,(H,21,22)(H,23,24). The molecule has 2 unspecified atom stereocenters. The summed E-state index contributed by atoms with van der Waals surface area (Å²) >= 11 is 0. The van der Waals surface area contributed by atoms with E-state index in [-0.39, 0.29) is 5.91 Å². The van der Waals surface area contributed by atoms with Gasteiger partial charge in [0.2, 0.25) is 5.91 Å². The highest BCUT2D eigenvalue weighted by atomic mass is 16.5. The Morgan fingerprint density at radius 1 is 1.12 bits per heavy atom. The lowest BCUT2D eigenvalue weighted by Gasteiger charge is -2.32. The molecule has 0 aromatic heterocycles. The number of carbonyl (C=O) groups excluding carboxylic acids is 1. The molecule has 130 valence electrons. The van der Waals surface area contributed by atoms with Crippen LogP contribution in [0, 0.1) is 18.8 Å². The number of nitrogens with one attached hydrogen (secondary N) is 1. The Bertz CT molecular complexity index is 773. The van der Waals surface area contributed by atoms with Crippen molar-refractivity contribution in [3.63, 3.8) is 0 Å². The van der Waals surface area contributed by atoms with Crippen molar-refractivity contribution in [2.24, 2.45) is 11.8 Å². The molecule has 0 spiro atoms. The monoisotopic (exact) mass is 339 g/mol. The Kier molecular flexibility index (Phi) is 5.03. The molecule has 5 nitrogen and oxygen atoms in total. The van der Waals surface area contributed by atoms with Gasteiger partial charge in [-0.2, -0.15) is 0 Å². The Morgan fingerprint density at radius 2 is 1.84 bits per heavy atom. The molecule has 5 heteroatoms. The highest BCUT2D eigenvalue weighted by Gasteiger charge is 2.41. The molecule has 0 radical (unpaired) electrons. The number of carboxylic acid groups (broad SMARTS) is 1. The first-order valence-electron chi connectivity index (χ1n) is 8.35. The van der Waals surface area contributed by atoms with Crippen molar-refractivity contribution in [2.75, 3.05) is 5.32 Å². The van der Waals surface area contributed by atoms with Gasteiger partial charge < -0.3 is 15.2 Å². The fourth-order valence-electron chi connectivity index (χ4n) is 2.94. The van der Waals surface area contributed by atoms with Crippen LogP contribution < -0.4 is 10.1 Å². The molecule has 1 aliphatic carbocycles. The van der Waals surface area contributed by atoms with E-state index in [2.05, 4.69) is 5.32 Å². The van der Waals surface area contributed by atoms with E-state index in [1.807, 2.05) is 55.5 Å². The number of aliphatic carboxylic acids is 1. The zero-order valence-electron chi connectivity index (χ0n) is 14.1. The molecule has 25 heavy (non-hydrogen) atoms. The largest absolute Gasteiger partial charge is 0.487 e. The van der Waals surface area contributed by atoms with Crippen molar-refractivity contribution in [2.45, 2.75) is 26.4 Å². The molecular weight excluding hydrogens is 318 g/mol. The smallest absolute Gasteiger partial charge is 0.307 e. The number of carbonyl (C=O) groups is 2. The highest BCUT2D eigenvalue weighted by molar-refractivity contribution is 5.97. The second-order valence-electron chi connectivity index (χ2n) is 6.39. The zero-order valence-corrected chi connectivity index (χ0v) is 14.1. The first-order chi connectivity index (χ1) is 12.0. The third-order valence-corrected chi connectivity index (χ3v) is 4.56. The topological polar surface area (TPSA) is 75.6 Å². The quantitative estimate of drug-likeness (QED) is 0.843. The molecule has 2 aromatic carbocycles. The van der Waals surface area contributed by atoms with Gasteiger partial charge in [-0.15, -0.1) is 0 Å². The molecular formula is C20H21NO4. The Labute approximate surface area is 146 Å². The van der Waals surface area contributed by atoms with Gasteiger partial charge in [-0.1, -0.05) is 36.4 Å². The average molecular weight is 339 g/mol. The third kappa shape index (κ3) is 3.99. The SMILES string of the molecule is Cc1ccc(OCc2ccccc2)c(NC(=O)C2CCC2C(=O)O)c1. The molecule has 0 aliphatic heterocycles. The molecule has 3 rings (SSSR count). The van der Waals surface area contributed by atoms with Crippen molar-refractivity contribution >= 4 is 17.6 Å². The van der Waals surface area contributed by atoms with Crippen molar-refractivity contribution < 1.29 is 19.4 Å². The van der Waals surface area contributed by atoms with Crippen LogP contribution in [-0.2, 0) is 16.2 Å². The van der Waals surface area contributed by atoms with Gasteiger partial charge in [-0.05, 0) is 43.0 Å². The fourth-order valence-corrected chi connectivity index (χ4v) is 2.94. The van der Waals surface area contributed by atoms with Crippen LogP contribution >= 0.6 is 0 Å². The lowest BCUT2D eigenvalue weighted by Crippen LogP contribution is -2.41. The molecule has 1 aliphatic rings. The maximum Gasteiger partial charge on any atom is 0.307 e. The van der Waals surface area contributed by atoms with Gasteiger partial charge in [0.05, 0.1) is 17.5 Å². The lowest BCUT2D eigenvalue weighted by molar-refractivity contribution is -0.151. The predicted octanol–water partition coefficient (Wildman–Crippen LogP) is 3.62. The zero-order chi connectivity index (χ0) is 17.8. The summed E-state index contributed by atoms with van der Waals surface area (Å²) in [6.45, 7) is 2.33. The van der Waals surface area contributed by atoms with Crippen molar-refractivity contribution in [1.29, 1.82) is 0 Å². The highest BCUT2D eigenvalue weighted by Crippen LogP contribution is 2.36. The van der Waals surface area contributed by atoms with E-state index in [9.17, 15) is 9.59 Å². The maximum atomic E-state index is 12.4.